The van der Waals surface area contributed by atoms with Gasteiger partial charge in [-0.1, -0.05) is 34.8 Å². The van der Waals surface area contributed by atoms with Crippen molar-refractivity contribution in [2.24, 2.45) is 0 Å². The quantitative estimate of drug-likeness (QED) is 0.793. The number of methoxy groups -OCH3 is 1. The summed E-state index contributed by atoms with van der Waals surface area (Å²) < 4.78 is 5.02. The van der Waals surface area contributed by atoms with Crippen LogP contribution in [0.3, 0.4) is 0 Å². The second-order valence-corrected chi connectivity index (χ2v) is 4.57. The predicted octanol–water partition coefficient (Wildman–Crippen LogP) is 2.85. The summed E-state index contributed by atoms with van der Waals surface area (Å²) in [6.07, 6.45) is 0.520. The number of aliphatic hydroxyl groups is 1. The lowest BCUT2D eigenvalue weighted by molar-refractivity contribution is 0.170. The van der Waals surface area contributed by atoms with Gasteiger partial charge < -0.3 is 15.2 Å². The number of halogens is 3. The second-order valence-electron chi connectivity index (χ2n) is 3.40. The topological polar surface area (TPSA) is 54.4 Å². The highest BCUT2D eigenvalue weighted by molar-refractivity contribution is 6.42. The molecular formula is C10H13Cl3N2O2. The highest BCUT2D eigenvalue weighted by atomic mass is 35.5. The highest BCUT2D eigenvalue weighted by Gasteiger charge is 2.13. The fourth-order valence-corrected chi connectivity index (χ4v) is 1.85. The summed E-state index contributed by atoms with van der Waals surface area (Å²) in [7, 11) is 1.58. The van der Waals surface area contributed by atoms with Gasteiger partial charge in [0, 0.05) is 13.7 Å². The average Bonchev–Trinajstić information content (AvgIpc) is 2.26. The molecule has 0 radical (unpaired) electrons. The molecule has 4 nitrogen and oxygen atoms in total. The SMILES string of the molecule is COCC(CCO)Nc1nc(Cl)c(Cl)cc1Cl. The molecule has 0 fully saturated rings. The minimum Gasteiger partial charge on any atom is -0.396 e. The van der Waals surface area contributed by atoms with E-state index in [0.29, 0.717) is 28.9 Å². The van der Waals surface area contributed by atoms with E-state index in [4.69, 9.17) is 44.6 Å². The van der Waals surface area contributed by atoms with Gasteiger partial charge in [0.05, 0.1) is 22.7 Å². The molecule has 1 aromatic heterocycles. The summed E-state index contributed by atoms with van der Waals surface area (Å²) in [5.74, 6) is 0.427. The Labute approximate surface area is 115 Å². The first-order chi connectivity index (χ1) is 8.08. The lowest BCUT2D eigenvalue weighted by atomic mass is 10.2. The molecule has 0 spiro atoms. The molecule has 96 valence electrons. The number of hydrogen-bond donors (Lipinski definition) is 2. The van der Waals surface area contributed by atoms with Gasteiger partial charge in [0.2, 0.25) is 0 Å². The molecule has 1 rings (SSSR count). The van der Waals surface area contributed by atoms with Crippen LogP contribution in [0.4, 0.5) is 5.82 Å². The molecule has 17 heavy (non-hydrogen) atoms. The van der Waals surface area contributed by atoms with Crippen LogP contribution in [0.15, 0.2) is 6.07 Å². The highest BCUT2D eigenvalue weighted by Crippen LogP contribution is 2.29. The van der Waals surface area contributed by atoms with E-state index >= 15 is 0 Å². The summed E-state index contributed by atoms with van der Waals surface area (Å²) in [6.45, 7) is 0.471. The molecule has 0 aliphatic rings. The fraction of sp³-hybridized carbons (Fsp3) is 0.500. The van der Waals surface area contributed by atoms with Crippen LogP contribution in [-0.2, 0) is 4.74 Å². The van der Waals surface area contributed by atoms with Gasteiger partial charge >= 0.3 is 0 Å². The molecule has 2 N–H and O–H groups in total. The molecule has 0 amide bonds. The van der Waals surface area contributed by atoms with E-state index in [0.717, 1.165) is 0 Å². The van der Waals surface area contributed by atoms with E-state index in [2.05, 4.69) is 10.3 Å². The van der Waals surface area contributed by atoms with Gasteiger partial charge in [-0.15, -0.1) is 0 Å². The average molecular weight is 300 g/mol. The molecule has 1 unspecified atom stereocenters. The van der Waals surface area contributed by atoms with Gasteiger partial charge in [-0.05, 0) is 12.5 Å². The number of aromatic nitrogens is 1. The Hall–Kier alpha value is -0.260. The Morgan fingerprint density at radius 3 is 2.71 bits per heavy atom. The van der Waals surface area contributed by atoms with Gasteiger partial charge in [0.1, 0.15) is 11.0 Å². The summed E-state index contributed by atoms with van der Waals surface area (Å²) in [5, 5.41) is 12.8. The van der Waals surface area contributed by atoms with E-state index < -0.39 is 0 Å². The number of pyridine rings is 1. The van der Waals surface area contributed by atoms with Crippen LogP contribution in [0.5, 0.6) is 0 Å². The van der Waals surface area contributed by atoms with Crippen LogP contribution in [0.25, 0.3) is 0 Å². The Balaban J connectivity index is 2.81. The first kappa shape index (κ1) is 14.8. The Morgan fingerprint density at radius 2 is 2.12 bits per heavy atom. The standard InChI is InChI=1S/C10H13Cl3N2O2/c1-17-5-6(2-3-16)14-10-8(12)4-7(11)9(13)15-10/h4,6,16H,2-3,5H2,1H3,(H,14,15). The number of nitrogens with zero attached hydrogens (tertiary/aromatic N) is 1. The van der Waals surface area contributed by atoms with E-state index in [1.54, 1.807) is 7.11 Å². The fourth-order valence-electron chi connectivity index (χ4n) is 1.29. The molecule has 1 atom stereocenters. The van der Waals surface area contributed by atoms with Crippen molar-refractivity contribution in [3.8, 4) is 0 Å². The summed E-state index contributed by atoms with van der Waals surface area (Å²) in [4.78, 5) is 4.03. The van der Waals surface area contributed by atoms with Crippen molar-refractivity contribution >= 4 is 40.6 Å². The third kappa shape index (κ3) is 4.48. The molecule has 1 heterocycles. The maximum absolute atomic E-state index is 8.91. The number of aliphatic hydroxyl groups excluding tert-OH is 1. The van der Waals surface area contributed by atoms with E-state index in [9.17, 15) is 0 Å². The second kappa shape index (κ2) is 7.24. The van der Waals surface area contributed by atoms with Gasteiger partial charge in [0.15, 0.2) is 0 Å². The Morgan fingerprint density at radius 1 is 1.41 bits per heavy atom. The molecule has 0 aliphatic carbocycles. The van der Waals surface area contributed by atoms with E-state index in [1.165, 1.54) is 6.07 Å². The van der Waals surface area contributed by atoms with Crippen LogP contribution in [0, 0.1) is 0 Å². The van der Waals surface area contributed by atoms with Crippen molar-refractivity contribution < 1.29 is 9.84 Å². The smallest absolute Gasteiger partial charge is 0.150 e. The van der Waals surface area contributed by atoms with Crippen LogP contribution < -0.4 is 5.32 Å². The zero-order valence-corrected chi connectivity index (χ0v) is 11.5. The molecule has 0 aromatic carbocycles. The van der Waals surface area contributed by atoms with Crippen LogP contribution in [0.2, 0.25) is 15.2 Å². The van der Waals surface area contributed by atoms with Crippen molar-refractivity contribution in [1.82, 2.24) is 4.98 Å². The molecule has 7 heteroatoms. The van der Waals surface area contributed by atoms with Crippen molar-refractivity contribution in [3.63, 3.8) is 0 Å². The van der Waals surface area contributed by atoms with Crippen LogP contribution in [0.1, 0.15) is 6.42 Å². The molecular weight excluding hydrogens is 286 g/mol. The van der Waals surface area contributed by atoms with Gasteiger partial charge in [-0.3, -0.25) is 0 Å². The first-order valence-corrected chi connectivity index (χ1v) is 6.09. The Kier molecular flexibility index (Phi) is 6.30. The van der Waals surface area contributed by atoms with E-state index in [1.807, 2.05) is 0 Å². The third-order valence-electron chi connectivity index (χ3n) is 2.07. The third-order valence-corrected chi connectivity index (χ3v) is 3.03. The summed E-state index contributed by atoms with van der Waals surface area (Å²) in [6, 6.07) is 1.43. The normalized spacial score (nSPS) is 12.5. The minimum atomic E-state index is -0.0905. The zero-order chi connectivity index (χ0) is 12.8. The molecule has 1 aromatic rings. The maximum Gasteiger partial charge on any atom is 0.150 e. The van der Waals surface area contributed by atoms with E-state index in [-0.39, 0.29) is 17.8 Å². The van der Waals surface area contributed by atoms with Crippen molar-refractivity contribution in [2.45, 2.75) is 12.5 Å². The van der Waals surface area contributed by atoms with Gasteiger partial charge in [0.25, 0.3) is 0 Å². The van der Waals surface area contributed by atoms with Crippen molar-refractivity contribution in [3.05, 3.63) is 21.3 Å². The van der Waals surface area contributed by atoms with Crippen molar-refractivity contribution in [1.29, 1.82) is 0 Å². The number of ether oxygens (including phenoxy) is 1. The minimum absolute atomic E-state index is 0.0416. The number of nitrogens with one attached hydrogen (secondary N) is 1. The lowest BCUT2D eigenvalue weighted by Crippen LogP contribution is -2.26. The number of anilines is 1. The molecule has 0 bridgehead atoms. The van der Waals surface area contributed by atoms with Crippen LogP contribution >= 0.6 is 34.8 Å². The molecule has 0 saturated heterocycles. The van der Waals surface area contributed by atoms with Crippen LogP contribution in [-0.4, -0.2) is 36.5 Å². The largest absolute Gasteiger partial charge is 0.396 e. The Bertz CT molecular complexity index is 371. The molecule has 0 saturated carbocycles. The maximum atomic E-state index is 8.91. The predicted molar refractivity (Wildman–Crippen MR) is 70.3 cm³/mol. The monoisotopic (exact) mass is 298 g/mol. The lowest BCUT2D eigenvalue weighted by Gasteiger charge is -2.18. The van der Waals surface area contributed by atoms with Crippen molar-refractivity contribution in [2.75, 3.05) is 25.6 Å². The van der Waals surface area contributed by atoms with Gasteiger partial charge in [-0.2, -0.15) is 0 Å². The summed E-state index contributed by atoms with van der Waals surface area (Å²) >= 11 is 17.5. The zero-order valence-electron chi connectivity index (χ0n) is 9.21. The summed E-state index contributed by atoms with van der Waals surface area (Å²) in [5.41, 5.74) is 0. The number of hydrogen-bond acceptors (Lipinski definition) is 4. The number of rotatable bonds is 6. The first-order valence-electron chi connectivity index (χ1n) is 4.96. The molecule has 0 aliphatic heterocycles. The van der Waals surface area contributed by atoms with Gasteiger partial charge in [-0.25, -0.2) is 4.98 Å².